The van der Waals surface area contributed by atoms with E-state index in [1.807, 2.05) is 12.1 Å². The van der Waals surface area contributed by atoms with Gasteiger partial charge in [0.2, 0.25) is 10.0 Å². The fraction of sp³-hybridized carbons (Fsp3) is 0.464. The molecule has 1 aliphatic heterocycles. The third-order valence-electron chi connectivity index (χ3n) is 7.57. The maximum atomic E-state index is 13.6. The second-order valence-corrected chi connectivity index (χ2v) is 12.2. The molecule has 0 spiro atoms. The highest BCUT2D eigenvalue weighted by Gasteiger charge is 2.29. The van der Waals surface area contributed by atoms with Gasteiger partial charge in [0.1, 0.15) is 0 Å². The number of sulfonamides is 1. The van der Waals surface area contributed by atoms with Crippen LogP contribution >= 0.6 is 0 Å². The number of hydrogen-bond acceptors (Lipinski definition) is 5. The molecule has 8 heteroatoms. The first-order chi connectivity index (χ1) is 17.4. The average Bonchev–Trinajstić information content (AvgIpc) is 3.17. The van der Waals surface area contributed by atoms with Crippen LogP contribution in [0.15, 0.2) is 53.7 Å². The third-order valence-corrected chi connectivity index (χ3v) is 9.47. The molecule has 0 bridgehead atoms. The Morgan fingerprint density at radius 1 is 0.944 bits per heavy atom. The van der Waals surface area contributed by atoms with Crippen molar-refractivity contribution in [3.8, 4) is 11.3 Å². The molecule has 1 saturated carbocycles. The van der Waals surface area contributed by atoms with E-state index < -0.39 is 10.0 Å². The van der Waals surface area contributed by atoms with E-state index in [9.17, 15) is 13.2 Å². The highest BCUT2D eigenvalue weighted by molar-refractivity contribution is 7.89. The number of pyridine rings is 2. The van der Waals surface area contributed by atoms with Crippen molar-refractivity contribution in [2.24, 2.45) is 5.92 Å². The van der Waals surface area contributed by atoms with Crippen molar-refractivity contribution in [3.05, 3.63) is 54.4 Å². The molecule has 36 heavy (non-hydrogen) atoms. The molecule has 0 atom stereocenters. The lowest BCUT2D eigenvalue weighted by atomic mass is 10.0. The monoisotopic (exact) mass is 506 g/mol. The molecular weight excluding hydrogens is 472 g/mol. The number of aromatic nitrogens is 2. The van der Waals surface area contributed by atoms with Crippen molar-refractivity contribution < 1.29 is 13.2 Å². The summed E-state index contributed by atoms with van der Waals surface area (Å²) in [6.07, 6.45) is 11.7. The summed E-state index contributed by atoms with van der Waals surface area (Å²) in [6.45, 7) is 3.21. The van der Waals surface area contributed by atoms with Crippen molar-refractivity contribution in [2.75, 3.05) is 13.1 Å². The van der Waals surface area contributed by atoms with Gasteiger partial charge in [-0.25, -0.2) is 13.4 Å². The Hall–Kier alpha value is -2.84. The lowest BCUT2D eigenvalue weighted by Crippen LogP contribution is -2.37. The van der Waals surface area contributed by atoms with Gasteiger partial charge in [-0.05, 0) is 68.0 Å². The Bertz CT molecular complexity index is 1330. The zero-order valence-electron chi connectivity index (χ0n) is 20.8. The summed E-state index contributed by atoms with van der Waals surface area (Å²) in [4.78, 5) is 22.7. The molecular formula is C28H34N4O3S. The molecule has 1 saturated heterocycles. The minimum Gasteiger partial charge on any atom is -0.349 e. The molecule has 2 aliphatic rings. The maximum Gasteiger partial charge on any atom is 0.252 e. The van der Waals surface area contributed by atoms with E-state index in [4.69, 9.17) is 4.98 Å². The summed E-state index contributed by atoms with van der Waals surface area (Å²) in [6, 6.07) is 10.6. The molecule has 1 aromatic carbocycles. The highest BCUT2D eigenvalue weighted by atomic mass is 32.2. The van der Waals surface area contributed by atoms with Crippen LogP contribution in [0.25, 0.3) is 22.2 Å². The second-order valence-electron chi connectivity index (χ2n) is 10.2. The van der Waals surface area contributed by atoms with Crippen LogP contribution in [0.2, 0.25) is 0 Å². The van der Waals surface area contributed by atoms with Gasteiger partial charge in [0.05, 0.1) is 21.7 Å². The number of piperidine rings is 1. The fourth-order valence-electron chi connectivity index (χ4n) is 5.28. The SMILES string of the molecule is CC1CCN(S(=O)(=O)c2ccc3nc(-c4ccncc4)cc(C(=O)NC4CCCCCC4)c3c2)CC1. The first-order valence-electron chi connectivity index (χ1n) is 13.1. The van der Waals surface area contributed by atoms with Gasteiger partial charge in [-0.15, -0.1) is 0 Å². The zero-order chi connectivity index (χ0) is 25.1. The van der Waals surface area contributed by atoms with Gasteiger partial charge < -0.3 is 5.32 Å². The van der Waals surface area contributed by atoms with E-state index >= 15 is 0 Å². The predicted molar refractivity (Wildman–Crippen MR) is 141 cm³/mol. The van der Waals surface area contributed by atoms with Gasteiger partial charge in [0.25, 0.3) is 5.91 Å². The molecule has 1 N–H and O–H groups in total. The van der Waals surface area contributed by atoms with Gasteiger partial charge in [0, 0.05) is 42.5 Å². The summed E-state index contributed by atoms with van der Waals surface area (Å²) < 4.78 is 28.5. The summed E-state index contributed by atoms with van der Waals surface area (Å²) >= 11 is 0. The Morgan fingerprint density at radius 3 is 2.33 bits per heavy atom. The van der Waals surface area contributed by atoms with Crippen LogP contribution in [0.5, 0.6) is 0 Å². The average molecular weight is 507 g/mol. The second kappa shape index (κ2) is 10.6. The zero-order valence-corrected chi connectivity index (χ0v) is 21.6. The quantitative estimate of drug-likeness (QED) is 0.482. The molecule has 2 fully saturated rings. The predicted octanol–water partition coefficient (Wildman–Crippen LogP) is 5.17. The number of carbonyl (C=O) groups excluding carboxylic acids is 1. The minimum absolute atomic E-state index is 0.134. The molecule has 0 radical (unpaired) electrons. The van der Waals surface area contributed by atoms with Crippen LogP contribution in [0.3, 0.4) is 0 Å². The van der Waals surface area contributed by atoms with Crippen LogP contribution in [0.1, 0.15) is 68.6 Å². The van der Waals surface area contributed by atoms with Crippen molar-refractivity contribution in [2.45, 2.75) is 69.2 Å². The number of nitrogens with zero attached hydrogens (tertiary/aromatic N) is 3. The van der Waals surface area contributed by atoms with Crippen molar-refractivity contribution in [1.82, 2.24) is 19.6 Å². The van der Waals surface area contributed by atoms with E-state index in [0.717, 1.165) is 44.1 Å². The molecule has 7 nitrogen and oxygen atoms in total. The fourth-order valence-corrected chi connectivity index (χ4v) is 6.78. The van der Waals surface area contributed by atoms with Gasteiger partial charge in [-0.1, -0.05) is 32.6 Å². The van der Waals surface area contributed by atoms with Crippen molar-refractivity contribution >= 4 is 26.8 Å². The molecule has 5 rings (SSSR count). The summed E-state index contributed by atoms with van der Waals surface area (Å²) in [7, 11) is -3.65. The first kappa shape index (κ1) is 24.8. The standard InChI is InChI=1S/C28H34N4O3S/c1-20-12-16-32(17-13-20)36(34,35)23-8-9-26-24(18-23)25(19-27(31-26)21-10-14-29-15-11-21)28(33)30-22-6-4-2-3-5-7-22/h8-11,14-15,18-20,22H,2-7,12-13,16-17H2,1H3,(H,30,33). The van der Waals surface area contributed by atoms with E-state index in [0.29, 0.717) is 41.2 Å². The summed E-state index contributed by atoms with van der Waals surface area (Å²) in [5.41, 5.74) is 2.58. The number of hydrogen-bond donors (Lipinski definition) is 1. The van der Waals surface area contributed by atoms with E-state index in [1.54, 1.807) is 41.0 Å². The topological polar surface area (TPSA) is 92.3 Å². The minimum atomic E-state index is -3.65. The maximum absolute atomic E-state index is 13.6. The highest BCUT2D eigenvalue weighted by Crippen LogP contribution is 2.30. The van der Waals surface area contributed by atoms with Crippen LogP contribution in [0, 0.1) is 5.92 Å². The molecule has 190 valence electrons. The number of nitrogens with one attached hydrogen (secondary N) is 1. The molecule has 1 amide bonds. The van der Waals surface area contributed by atoms with Gasteiger partial charge in [-0.3, -0.25) is 9.78 Å². The molecule has 0 unspecified atom stereocenters. The smallest absolute Gasteiger partial charge is 0.252 e. The van der Waals surface area contributed by atoms with Crippen LogP contribution in [-0.4, -0.2) is 47.7 Å². The Balaban J connectivity index is 1.56. The third kappa shape index (κ3) is 5.30. The van der Waals surface area contributed by atoms with Crippen LogP contribution in [0.4, 0.5) is 0 Å². The Labute approximate surface area is 213 Å². The van der Waals surface area contributed by atoms with E-state index in [1.165, 1.54) is 12.8 Å². The lowest BCUT2D eigenvalue weighted by Gasteiger charge is -2.29. The van der Waals surface area contributed by atoms with Crippen LogP contribution < -0.4 is 5.32 Å². The molecule has 2 aromatic heterocycles. The number of amides is 1. The normalized spacial score (nSPS) is 18.7. The van der Waals surface area contributed by atoms with Crippen molar-refractivity contribution in [3.63, 3.8) is 0 Å². The Kier molecular flexibility index (Phi) is 7.34. The number of benzene rings is 1. The number of rotatable bonds is 5. The van der Waals surface area contributed by atoms with Crippen molar-refractivity contribution in [1.29, 1.82) is 0 Å². The van der Waals surface area contributed by atoms with Gasteiger partial charge >= 0.3 is 0 Å². The van der Waals surface area contributed by atoms with Gasteiger partial charge in [-0.2, -0.15) is 4.31 Å². The number of fused-ring (bicyclic) bond motifs is 1. The van der Waals surface area contributed by atoms with E-state index in [-0.39, 0.29) is 16.8 Å². The van der Waals surface area contributed by atoms with Crippen LogP contribution in [-0.2, 0) is 10.0 Å². The molecule has 3 heterocycles. The largest absolute Gasteiger partial charge is 0.349 e. The Morgan fingerprint density at radius 2 is 1.64 bits per heavy atom. The molecule has 3 aromatic rings. The summed E-state index contributed by atoms with van der Waals surface area (Å²) in [5, 5.41) is 3.79. The van der Waals surface area contributed by atoms with E-state index in [2.05, 4.69) is 17.2 Å². The first-order valence-corrected chi connectivity index (χ1v) is 14.5. The van der Waals surface area contributed by atoms with Gasteiger partial charge in [0.15, 0.2) is 0 Å². The molecule has 1 aliphatic carbocycles. The number of carbonyl (C=O) groups is 1. The summed E-state index contributed by atoms with van der Waals surface area (Å²) in [5.74, 6) is 0.356. The lowest BCUT2D eigenvalue weighted by molar-refractivity contribution is 0.0935.